The van der Waals surface area contributed by atoms with E-state index in [1.807, 2.05) is 0 Å². The van der Waals surface area contributed by atoms with E-state index in [9.17, 15) is 0 Å². The third-order valence-corrected chi connectivity index (χ3v) is 3.27. The quantitative estimate of drug-likeness (QED) is 0.730. The molecule has 1 rings (SSSR count). The van der Waals surface area contributed by atoms with Crippen LogP contribution < -0.4 is 5.32 Å². The van der Waals surface area contributed by atoms with Crippen molar-refractivity contribution >= 4 is 0 Å². The summed E-state index contributed by atoms with van der Waals surface area (Å²) in [7, 11) is 4.12. The molecule has 19 heavy (non-hydrogen) atoms. The number of hydrogen-bond donors (Lipinski definition) is 1. The zero-order valence-electron chi connectivity index (χ0n) is 13.0. The number of rotatable bonds is 8. The minimum atomic E-state index is 0.373. The van der Waals surface area contributed by atoms with Gasteiger partial charge in [-0.05, 0) is 46.0 Å². The molecule has 1 atom stereocenters. The Kier molecular flexibility index (Phi) is 7.06. The Labute approximate surface area is 118 Å². The Morgan fingerprint density at radius 2 is 1.95 bits per heavy atom. The van der Waals surface area contributed by atoms with Gasteiger partial charge in [-0.25, -0.2) is 0 Å². The Hall–Kier alpha value is -0.900. The summed E-state index contributed by atoms with van der Waals surface area (Å²) in [4.78, 5) is 2.13. The highest BCUT2D eigenvalue weighted by atomic mass is 16.5. The number of aryl methyl sites for hydroxylation is 2. The van der Waals surface area contributed by atoms with E-state index < -0.39 is 0 Å². The van der Waals surface area contributed by atoms with Gasteiger partial charge in [0.05, 0.1) is 13.2 Å². The molecule has 0 aliphatic rings. The van der Waals surface area contributed by atoms with E-state index in [0.717, 1.165) is 26.3 Å². The van der Waals surface area contributed by atoms with E-state index in [1.165, 1.54) is 16.7 Å². The van der Waals surface area contributed by atoms with Crippen LogP contribution in [0.25, 0.3) is 0 Å². The van der Waals surface area contributed by atoms with Crippen molar-refractivity contribution < 1.29 is 4.74 Å². The van der Waals surface area contributed by atoms with Gasteiger partial charge in [0.2, 0.25) is 0 Å². The van der Waals surface area contributed by atoms with Crippen molar-refractivity contribution in [3.05, 3.63) is 34.9 Å². The molecule has 0 saturated carbocycles. The summed E-state index contributed by atoms with van der Waals surface area (Å²) in [5.74, 6) is 0. The van der Waals surface area contributed by atoms with Gasteiger partial charge < -0.3 is 15.0 Å². The van der Waals surface area contributed by atoms with Gasteiger partial charge >= 0.3 is 0 Å². The molecule has 0 aromatic heterocycles. The molecule has 1 aromatic carbocycles. The fraction of sp³-hybridized carbons (Fsp3) is 0.625. The molecule has 0 fully saturated rings. The van der Waals surface area contributed by atoms with Gasteiger partial charge in [0.15, 0.2) is 0 Å². The highest BCUT2D eigenvalue weighted by Crippen LogP contribution is 2.18. The van der Waals surface area contributed by atoms with Gasteiger partial charge in [-0.1, -0.05) is 23.8 Å². The zero-order chi connectivity index (χ0) is 14.3. The maximum Gasteiger partial charge on any atom is 0.0593 e. The zero-order valence-corrected chi connectivity index (χ0v) is 13.0. The van der Waals surface area contributed by atoms with Gasteiger partial charge in [-0.15, -0.1) is 0 Å². The standard InChI is InChI=1S/C16H28N2O/c1-13-6-7-16(14(2)12-13)15(3)17-8-10-19-11-9-18(4)5/h6-7,12,15,17H,8-11H2,1-5H3. The number of hydrogen-bond acceptors (Lipinski definition) is 3. The van der Waals surface area contributed by atoms with E-state index in [1.54, 1.807) is 0 Å². The van der Waals surface area contributed by atoms with Crippen molar-refractivity contribution in [1.82, 2.24) is 10.2 Å². The van der Waals surface area contributed by atoms with E-state index in [2.05, 4.69) is 63.3 Å². The first-order valence-electron chi connectivity index (χ1n) is 7.03. The largest absolute Gasteiger partial charge is 0.379 e. The fourth-order valence-electron chi connectivity index (χ4n) is 2.12. The summed E-state index contributed by atoms with van der Waals surface area (Å²) in [5, 5.41) is 3.51. The van der Waals surface area contributed by atoms with Crippen LogP contribution in [0.2, 0.25) is 0 Å². The van der Waals surface area contributed by atoms with Crippen molar-refractivity contribution in [1.29, 1.82) is 0 Å². The lowest BCUT2D eigenvalue weighted by atomic mass is 10.0. The highest BCUT2D eigenvalue weighted by Gasteiger charge is 2.07. The molecule has 0 aliphatic heterocycles. The minimum absolute atomic E-state index is 0.373. The molecule has 1 unspecified atom stereocenters. The molecule has 0 radical (unpaired) electrons. The molecule has 1 aromatic rings. The van der Waals surface area contributed by atoms with Gasteiger partial charge in [0.1, 0.15) is 0 Å². The number of nitrogens with zero attached hydrogens (tertiary/aromatic N) is 1. The molecular formula is C16H28N2O. The third kappa shape index (κ3) is 6.19. The summed E-state index contributed by atoms with van der Waals surface area (Å²) >= 11 is 0. The topological polar surface area (TPSA) is 24.5 Å². The van der Waals surface area contributed by atoms with Crippen molar-refractivity contribution in [3.8, 4) is 0 Å². The molecule has 3 nitrogen and oxygen atoms in total. The highest BCUT2D eigenvalue weighted by molar-refractivity contribution is 5.32. The maximum absolute atomic E-state index is 5.58. The maximum atomic E-state index is 5.58. The number of nitrogens with one attached hydrogen (secondary N) is 1. The summed E-state index contributed by atoms with van der Waals surface area (Å²) in [6.45, 7) is 9.95. The molecule has 3 heteroatoms. The molecule has 0 saturated heterocycles. The number of likely N-dealkylation sites (N-methyl/N-ethyl adjacent to an activating group) is 1. The Morgan fingerprint density at radius 1 is 1.21 bits per heavy atom. The van der Waals surface area contributed by atoms with Crippen LogP contribution in [0.1, 0.15) is 29.7 Å². The van der Waals surface area contributed by atoms with Crippen molar-refractivity contribution in [2.75, 3.05) is 40.4 Å². The van der Waals surface area contributed by atoms with Crippen LogP contribution in [0, 0.1) is 13.8 Å². The second-order valence-corrected chi connectivity index (χ2v) is 5.45. The lowest BCUT2D eigenvalue weighted by molar-refractivity contribution is 0.118. The Morgan fingerprint density at radius 3 is 2.58 bits per heavy atom. The van der Waals surface area contributed by atoms with Crippen LogP contribution in [-0.4, -0.2) is 45.3 Å². The monoisotopic (exact) mass is 264 g/mol. The second-order valence-electron chi connectivity index (χ2n) is 5.45. The van der Waals surface area contributed by atoms with Gasteiger partial charge in [0.25, 0.3) is 0 Å². The van der Waals surface area contributed by atoms with Crippen LogP contribution in [-0.2, 0) is 4.74 Å². The van der Waals surface area contributed by atoms with E-state index in [-0.39, 0.29) is 0 Å². The summed E-state index contributed by atoms with van der Waals surface area (Å²) in [6, 6.07) is 7.00. The smallest absolute Gasteiger partial charge is 0.0593 e. The summed E-state index contributed by atoms with van der Waals surface area (Å²) < 4.78 is 5.58. The molecule has 0 bridgehead atoms. The van der Waals surface area contributed by atoms with E-state index in [4.69, 9.17) is 4.74 Å². The summed E-state index contributed by atoms with van der Waals surface area (Å²) in [6.07, 6.45) is 0. The average Bonchev–Trinajstić information content (AvgIpc) is 2.32. The SMILES string of the molecule is Cc1ccc(C(C)NCCOCCN(C)C)c(C)c1. The molecule has 0 amide bonds. The van der Waals surface area contributed by atoms with Crippen LogP contribution in [0.5, 0.6) is 0 Å². The van der Waals surface area contributed by atoms with E-state index >= 15 is 0 Å². The third-order valence-electron chi connectivity index (χ3n) is 3.27. The predicted octanol–water partition coefficient (Wildman–Crippen LogP) is 2.53. The van der Waals surface area contributed by atoms with Crippen LogP contribution in [0.15, 0.2) is 18.2 Å². The molecule has 1 N–H and O–H groups in total. The average molecular weight is 264 g/mol. The molecule has 0 aliphatic carbocycles. The first-order chi connectivity index (χ1) is 9.00. The van der Waals surface area contributed by atoms with E-state index in [0.29, 0.717) is 6.04 Å². The first kappa shape index (κ1) is 16.2. The molecular weight excluding hydrogens is 236 g/mol. The lowest BCUT2D eigenvalue weighted by Crippen LogP contribution is -2.25. The van der Waals surface area contributed by atoms with Gasteiger partial charge in [0, 0.05) is 19.1 Å². The van der Waals surface area contributed by atoms with Gasteiger partial charge in [-0.3, -0.25) is 0 Å². The normalized spacial score (nSPS) is 12.9. The minimum Gasteiger partial charge on any atom is -0.379 e. The van der Waals surface area contributed by atoms with Gasteiger partial charge in [-0.2, -0.15) is 0 Å². The lowest BCUT2D eigenvalue weighted by Gasteiger charge is -2.17. The van der Waals surface area contributed by atoms with Crippen molar-refractivity contribution in [2.24, 2.45) is 0 Å². The number of ether oxygens (including phenoxy) is 1. The molecule has 108 valence electrons. The second kappa shape index (κ2) is 8.31. The van der Waals surface area contributed by atoms with Crippen molar-refractivity contribution in [3.63, 3.8) is 0 Å². The first-order valence-corrected chi connectivity index (χ1v) is 7.03. The van der Waals surface area contributed by atoms with Crippen LogP contribution in [0.3, 0.4) is 0 Å². The Balaban J connectivity index is 2.25. The Bertz CT molecular complexity index is 377. The molecule has 0 heterocycles. The fourth-order valence-corrected chi connectivity index (χ4v) is 2.12. The molecule has 0 spiro atoms. The van der Waals surface area contributed by atoms with Crippen LogP contribution in [0.4, 0.5) is 0 Å². The number of benzene rings is 1. The summed E-state index contributed by atoms with van der Waals surface area (Å²) in [5.41, 5.74) is 4.05. The van der Waals surface area contributed by atoms with Crippen LogP contribution >= 0.6 is 0 Å². The predicted molar refractivity (Wildman–Crippen MR) is 81.7 cm³/mol. The van der Waals surface area contributed by atoms with Crippen molar-refractivity contribution in [2.45, 2.75) is 26.8 Å².